The molecule has 0 fully saturated rings. The van der Waals surface area contributed by atoms with Gasteiger partial charge in [0.05, 0.1) is 21.5 Å². The summed E-state index contributed by atoms with van der Waals surface area (Å²) in [6.45, 7) is 4.27. The van der Waals surface area contributed by atoms with Gasteiger partial charge in [0.2, 0.25) is 10.0 Å². The molecule has 0 spiro atoms. The van der Waals surface area contributed by atoms with Crippen LogP contribution in [0.4, 0.5) is 5.69 Å². The van der Waals surface area contributed by atoms with Crippen LogP contribution in [0.5, 0.6) is 0 Å². The Hall–Kier alpha value is -0.0100. The molecule has 0 aliphatic heterocycles. The molecule has 4 nitrogen and oxygen atoms in total. The van der Waals surface area contributed by atoms with E-state index in [1.165, 1.54) is 0 Å². The number of benzene rings is 1. The second-order valence-corrected chi connectivity index (χ2v) is 7.70. The standard InChI is InChI=1S/C11H15BrCl2N2O2S/c1-7(2)15-5-6-19(17,18)16-9-4-3-8(12)10(13)11(9)14/h3-4,7,15-16H,5-6H2,1-2H3. The molecule has 0 saturated carbocycles. The molecule has 0 aliphatic rings. The van der Waals surface area contributed by atoms with Gasteiger partial charge < -0.3 is 5.32 Å². The fraction of sp³-hybridized carbons (Fsp3) is 0.455. The summed E-state index contributed by atoms with van der Waals surface area (Å²) in [5.41, 5.74) is 0.277. The van der Waals surface area contributed by atoms with E-state index in [1.54, 1.807) is 12.1 Å². The van der Waals surface area contributed by atoms with Gasteiger partial charge in [-0.15, -0.1) is 0 Å². The van der Waals surface area contributed by atoms with Crippen LogP contribution < -0.4 is 10.0 Å². The van der Waals surface area contributed by atoms with Crippen LogP contribution >= 0.6 is 39.1 Å². The number of sulfonamides is 1. The number of anilines is 1. The molecule has 2 N–H and O–H groups in total. The average Bonchev–Trinajstić information content (AvgIpc) is 2.29. The van der Waals surface area contributed by atoms with Gasteiger partial charge in [-0.05, 0) is 28.1 Å². The van der Waals surface area contributed by atoms with Crippen molar-refractivity contribution in [2.75, 3.05) is 17.0 Å². The Balaban J connectivity index is 2.76. The van der Waals surface area contributed by atoms with E-state index in [2.05, 4.69) is 26.0 Å². The Bertz CT molecular complexity index is 550. The van der Waals surface area contributed by atoms with Crippen LogP contribution in [-0.4, -0.2) is 26.8 Å². The Morgan fingerprint density at radius 2 is 1.89 bits per heavy atom. The molecule has 0 amide bonds. The van der Waals surface area contributed by atoms with Crippen LogP contribution in [0.2, 0.25) is 10.0 Å². The van der Waals surface area contributed by atoms with Crippen molar-refractivity contribution in [1.82, 2.24) is 5.32 Å². The lowest BCUT2D eigenvalue weighted by Gasteiger charge is -2.12. The van der Waals surface area contributed by atoms with Gasteiger partial charge in [-0.3, -0.25) is 4.72 Å². The highest BCUT2D eigenvalue weighted by Gasteiger charge is 2.15. The van der Waals surface area contributed by atoms with E-state index in [-0.39, 0.29) is 27.5 Å². The minimum absolute atomic E-state index is 0.0325. The number of rotatable bonds is 6. The number of hydrogen-bond acceptors (Lipinski definition) is 3. The molecular weight excluding hydrogens is 375 g/mol. The summed E-state index contributed by atoms with van der Waals surface area (Å²) in [6.07, 6.45) is 0. The molecule has 1 rings (SSSR count). The third-order valence-electron chi connectivity index (χ3n) is 2.22. The maximum atomic E-state index is 11.9. The van der Waals surface area contributed by atoms with Gasteiger partial charge in [-0.25, -0.2) is 8.42 Å². The van der Waals surface area contributed by atoms with Gasteiger partial charge >= 0.3 is 0 Å². The van der Waals surface area contributed by atoms with Gasteiger partial charge in [0.15, 0.2) is 0 Å². The third-order valence-corrected chi connectivity index (χ3v) is 5.27. The number of nitrogens with one attached hydrogen (secondary N) is 2. The van der Waals surface area contributed by atoms with Crippen LogP contribution in [0.1, 0.15) is 13.8 Å². The topological polar surface area (TPSA) is 58.2 Å². The average molecular weight is 390 g/mol. The lowest BCUT2D eigenvalue weighted by molar-refractivity contribution is 0.582. The van der Waals surface area contributed by atoms with E-state index in [4.69, 9.17) is 23.2 Å². The first-order valence-corrected chi connectivity index (χ1v) is 8.80. The molecule has 1 aromatic carbocycles. The third kappa shape index (κ3) is 5.47. The molecular formula is C11H15BrCl2N2O2S. The molecule has 8 heteroatoms. The molecule has 108 valence electrons. The maximum Gasteiger partial charge on any atom is 0.234 e. The van der Waals surface area contributed by atoms with Crippen LogP contribution in [0.3, 0.4) is 0 Å². The summed E-state index contributed by atoms with van der Waals surface area (Å²) < 4.78 is 26.8. The van der Waals surface area contributed by atoms with Crippen LogP contribution in [-0.2, 0) is 10.0 Å². The Labute approximate surface area is 132 Å². The van der Waals surface area contributed by atoms with Crippen molar-refractivity contribution in [1.29, 1.82) is 0 Å². The monoisotopic (exact) mass is 388 g/mol. The van der Waals surface area contributed by atoms with Crippen molar-refractivity contribution >= 4 is 54.8 Å². The number of hydrogen-bond donors (Lipinski definition) is 2. The summed E-state index contributed by atoms with van der Waals surface area (Å²) in [5.74, 6) is -0.0325. The molecule has 0 heterocycles. The molecule has 19 heavy (non-hydrogen) atoms. The predicted octanol–water partition coefficient (Wildman–Crippen LogP) is 3.50. The van der Waals surface area contributed by atoms with Crippen molar-refractivity contribution in [3.63, 3.8) is 0 Å². The first-order chi connectivity index (χ1) is 8.73. The van der Waals surface area contributed by atoms with E-state index in [9.17, 15) is 8.42 Å². The summed E-state index contributed by atoms with van der Waals surface area (Å²) in [6, 6.07) is 3.44. The maximum absolute atomic E-state index is 11.9. The first-order valence-electron chi connectivity index (χ1n) is 5.60. The van der Waals surface area contributed by atoms with Crippen LogP contribution in [0.15, 0.2) is 16.6 Å². The quantitative estimate of drug-likeness (QED) is 0.732. The van der Waals surface area contributed by atoms with Crippen molar-refractivity contribution in [2.24, 2.45) is 0 Å². The zero-order valence-corrected chi connectivity index (χ0v) is 14.4. The van der Waals surface area contributed by atoms with E-state index >= 15 is 0 Å². The molecule has 0 unspecified atom stereocenters. The van der Waals surface area contributed by atoms with Gasteiger partial charge in [0.25, 0.3) is 0 Å². The van der Waals surface area contributed by atoms with Gasteiger partial charge in [0, 0.05) is 17.1 Å². The smallest absolute Gasteiger partial charge is 0.234 e. The Kier molecular flexibility index (Phi) is 6.39. The van der Waals surface area contributed by atoms with Crippen LogP contribution in [0, 0.1) is 0 Å². The van der Waals surface area contributed by atoms with E-state index < -0.39 is 10.0 Å². The second-order valence-electron chi connectivity index (χ2n) is 4.25. The fourth-order valence-electron chi connectivity index (χ4n) is 1.31. The summed E-state index contributed by atoms with van der Waals surface area (Å²) in [5, 5.41) is 3.49. The van der Waals surface area contributed by atoms with Crippen LogP contribution in [0.25, 0.3) is 0 Å². The van der Waals surface area contributed by atoms with Crippen molar-refractivity contribution < 1.29 is 8.42 Å². The normalized spacial score (nSPS) is 11.9. The second kappa shape index (κ2) is 7.13. The lowest BCUT2D eigenvalue weighted by Crippen LogP contribution is -2.31. The first kappa shape index (κ1) is 17.0. The highest BCUT2D eigenvalue weighted by Crippen LogP contribution is 2.36. The van der Waals surface area contributed by atoms with E-state index in [0.29, 0.717) is 11.0 Å². The summed E-state index contributed by atoms with van der Waals surface area (Å²) in [7, 11) is -3.45. The molecule has 0 saturated heterocycles. The van der Waals surface area contributed by atoms with Crippen molar-refractivity contribution in [2.45, 2.75) is 19.9 Å². The van der Waals surface area contributed by atoms with E-state index in [1.807, 2.05) is 13.8 Å². The SMILES string of the molecule is CC(C)NCCS(=O)(=O)Nc1ccc(Br)c(Cl)c1Cl. The number of halogens is 3. The fourth-order valence-corrected chi connectivity index (χ4v) is 3.18. The lowest BCUT2D eigenvalue weighted by atomic mass is 10.3. The zero-order chi connectivity index (χ0) is 14.6. The minimum Gasteiger partial charge on any atom is -0.313 e. The molecule has 0 aromatic heterocycles. The zero-order valence-electron chi connectivity index (χ0n) is 10.5. The van der Waals surface area contributed by atoms with Gasteiger partial charge in [0.1, 0.15) is 0 Å². The molecule has 0 radical (unpaired) electrons. The largest absolute Gasteiger partial charge is 0.313 e. The summed E-state index contributed by atoms with van der Waals surface area (Å²) in [4.78, 5) is 0. The highest BCUT2D eigenvalue weighted by atomic mass is 79.9. The molecule has 0 atom stereocenters. The van der Waals surface area contributed by atoms with Crippen molar-refractivity contribution in [3.8, 4) is 0 Å². The Morgan fingerprint density at radius 3 is 2.47 bits per heavy atom. The van der Waals surface area contributed by atoms with Crippen molar-refractivity contribution in [3.05, 3.63) is 26.7 Å². The Morgan fingerprint density at radius 1 is 1.26 bits per heavy atom. The molecule has 0 bridgehead atoms. The van der Waals surface area contributed by atoms with Gasteiger partial charge in [-0.1, -0.05) is 37.0 Å². The van der Waals surface area contributed by atoms with Gasteiger partial charge in [-0.2, -0.15) is 0 Å². The van der Waals surface area contributed by atoms with E-state index in [0.717, 1.165) is 0 Å². The molecule has 1 aromatic rings. The minimum atomic E-state index is -3.45. The highest BCUT2D eigenvalue weighted by molar-refractivity contribution is 9.10. The molecule has 0 aliphatic carbocycles. The predicted molar refractivity (Wildman–Crippen MR) is 84.7 cm³/mol. The summed E-state index contributed by atoms with van der Waals surface area (Å²) >= 11 is 15.1.